The van der Waals surface area contributed by atoms with Crippen LogP contribution in [0.1, 0.15) is 23.5 Å². The molecule has 2 heterocycles. The number of aromatic nitrogens is 2. The summed E-state index contributed by atoms with van der Waals surface area (Å²) in [6, 6.07) is 12.5. The van der Waals surface area contributed by atoms with Gasteiger partial charge in [0.05, 0.1) is 12.2 Å². The SMILES string of the molecule is CN=C(NCc1ccnc(C)n1)N1CC=C(c2ccccc2)CC1.I. The minimum absolute atomic E-state index is 0. The Bertz CT molecular complexity index is 742. The summed E-state index contributed by atoms with van der Waals surface area (Å²) in [6.45, 7) is 4.39. The van der Waals surface area contributed by atoms with Crippen molar-refractivity contribution in [1.82, 2.24) is 20.2 Å². The fourth-order valence-corrected chi connectivity index (χ4v) is 2.88. The fraction of sp³-hybridized carbons (Fsp3) is 0.316. The Morgan fingerprint density at radius 3 is 2.68 bits per heavy atom. The summed E-state index contributed by atoms with van der Waals surface area (Å²) < 4.78 is 0. The molecule has 1 aromatic carbocycles. The summed E-state index contributed by atoms with van der Waals surface area (Å²) in [5.41, 5.74) is 3.70. The molecule has 0 spiro atoms. The average molecular weight is 449 g/mol. The molecule has 6 heteroatoms. The van der Waals surface area contributed by atoms with Gasteiger partial charge in [-0.3, -0.25) is 4.99 Å². The third-order valence-electron chi connectivity index (χ3n) is 4.13. The highest BCUT2D eigenvalue weighted by atomic mass is 127. The van der Waals surface area contributed by atoms with Gasteiger partial charge in [0.2, 0.25) is 0 Å². The minimum atomic E-state index is 0. The number of nitrogens with zero attached hydrogens (tertiary/aromatic N) is 4. The van der Waals surface area contributed by atoms with Gasteiger partial charge in [0.1, 0.15) is 5.82 Å². The summed E-state index contributed by atoms with van der Waals surface area (Å²) >= 11 is 0. The van der Waals surface area contributed by atoms with E-state index < -0.39 is 0 Å². The van der Waals surface area contributed by atoms with E-state index >= 15 is 0 Å². The zero-order chi connectivity index (χ0) is 16.8. The molecule has 0 aliphatic carbocycles. The van der Waals surface area contributed by atoms with Crippen LogP contribution < -0.4 is 5.32 Å². The average Bonchev–Trinajstić information content (AvgIpc) is 2.64. The van der Waals surface area contributed by atoms with Gasteiger partial charge in [0.15, 0.2) is 5.96 Å². The van der Waals surface area contributed by atoms with E-state index in [0.717, 1.165) is 37.0 Å². The van der Waals surface area contributed by atoms with Crippen molar-refractivity contribution in [1.29, 1.82) is 0 Å². The van der Waals surface area contributed by atoms with Crippen molar-refractivity contribution in [2.45, 2.75) is 19.9 Å². The summed E-state index contributed by atoms with van der Waals surface area (Å²) in [6.07, 6.45) is 5.11. The maximum Gasteiger partial charge on any atom is 0.194 e. The van der Waals surface area contributed by atoms with Crippen LogP contribution in [-0.2, 0) is 6.54 Å². The van der Waals surface area contributed by atoms with E-state index in [0.29, 0.717) is 6.54 Å². The van der Waals surface area contributed by atoms with Crippen LogP contribution in [0.15, 0.2) is 53.7 Å². The van der Waals surface area contributed by atoms with Gasteiger partial charge in [-0.2, -0.15) is 0 Å². The van der Waals surface area contributed by atoms with Crippen LogP contribution in [-0.4, -0.2) is 41.0 Å². The topological polar surface area (TPSA) is 53.4 Å². The molecular weight excluding hydrogens is 425 g/mol. The van der Waals surface area contributed by atoms with Crippen LogP contribution in [0, 0.1) is 6.92 Å². The Morgan fingerprint density at radius 1 is 1.24 bits per heavy atom. The highest BCUT2D eigenvalue weighted by molar-refractivity contribution is 14.0. The molecule has 1 aromatic heterocycles. The largest absolute Gasteiger partial charge is 0.351 e. The molecule has 5 nitrogen and oxygen atoms in total. The number of halogens is 1. The van der Waals surface area contributed by atoms with E-state index in [4.69, 9.17) is 0 Å². The van der Waals surface area contributed by atoms with E-state index in [1.807, 2.05) is 20.0 Å². The first-order valence-electron chi connectivity index (χ1n) is 8.25. The van der Waals surface area contributed by atoms with Gasteiger partial charge in [0.25, 0.3) is 0 Å². The zero-order valence-corrected chi connectivity index (χ0v) is 17.0. The van der Waals surface area contributed by atoms with E-state index in [1.165, 1.54) is 11.1 Å². The van der Waals surface area contributed by atoms with Crippen molar-refractivity contribution < 1.29 is 0 Å². The van der Waals surface area contributed by atoms with Gasteiger partial charge in [0, 0.05) is 26.3 Å². The van der Waals surface area contributed by atoms with Crippen LogP contribution in [0.3, 0.4) is 0 Å². The van der Waals surface area contributed by atoms with Crippen LogP contribution >= 0.6 is 24.0 Å². The molecule has 132 valence electrons. The lowest BCUT2D eigenvalue weighted by Gasteiger charge is -2.29. The maximum atomic E-state index is 4.42. The summed E-state index contributed by atoms with van der Waals surface area (Å²) in [4.78, 5) is 15.2. The Balaban J connectivity index is 0.00000225. The summed E-state index contributed by atoms with van der Waals surface area (Å²) in [7, 11) is 1.82. The first kappa shape index (κ1) is 19.4. The number of nitrogens with one attached hydrogen (secondary N) is 1. The van der Waals surface area contributed by atoms with E-state index in [1.54, 1.807) is 6.20 Å². The molecule has 0 unspecified atom stereocenters. The highest BCUT2D eigenvalue weighted by Gasteiger charge is 2.16. The number of benzene rings is 1. The van der Waals surface area contributed by atoms with E-state index in [9.17, 15) is 0 Å². The quantitative estimate of drug-likeness (QED) is 0.444. The summed E-state index contributed by atoms with van der Waals surface area (Å²) in [5.74, 6) is 1.70. The molecule has 1 N–H and O–H groups in total. The van der Waals surface area contributed by atoms with Gasteiger partial charge in [-0.25, -0.2) is 9.97 Å². The lowest BCUT2D eigenvalue weighted by molar-refractivity contribution is 0.439. The minimum Gasteiger partial charge on any atom is -0.351 e. The fourth-order valence-electron chi connectivity index (χ4n) is 2.88. The zero-order valence-electron chi connectivity index (χ0n) is 14.6. The second-order valence-electron chi connectivity index (χ2n) is 5.79. The lowest BCUT2D eigenvalue weighted by atomic mass is 10.00. The van der Waals surface area contributed by atoms with Crippen LogP contribution in [0.4, 0.5) is 0 Å². The third-order valence-corrected chi connectivity index (χ3v) is 4.13. The first-order chi connectivity index (χ1) is 11.8. The van der Waals surface area contributed by atoms with Gasteiger partial charge in [-0.1, -0.05) is 36.4 Å². The van der Waals surface area contributed by atoms with Gasteiger partial charge in [-0.05, 0) is 30.5 Å². The molecule has 0 amide bonds. The molecular formula is C19H24IN5. The normalized spacial score (nSPS) is 14.6. The first-order valence-corrected chi connectivity index (χ1v) is 8.25. The number of rotatable bonds is 3. The molecule has 1 aliphatic heterocycles. The molecule has 3 rings (SSSR count). The predicted octanol–water partition coefficient (Wildman–Crippen LogP) is 3.27. The number of aryl methyl sites for hydroxylation is 1. The molecule has 25 heavy (non-hydrogen) atoms. The molecule has 0 fully saturated rings. The Labute approximate surface area is 166 Å². The number of hydrogen-bond donors (Lipinski definition) is 1. The van der Waals surface area contributed by atoms with Gasteiger partial charge >= 0.3 is 0 Å². The lowest BCUT2D eigenvalue weighted by Crippen LogP contribution is -2.43. The molecule has 1 aliphatic rings. The van der Waals surface area contributed by atoms with Crippen molar-refractivity contribution >= 4 is 35.5 Å². The van der Waals surface area contributed by atoms with Crippen molar-refractivity contribution in [3.8, 4) is 0 Å². The second-order valence-corrected chi connectivity index (χ2v) is 5.79. The molecule has 0 bridgehead atoms. The Hall–Kier alpha value is -1.96. The van der Waals surface area contributed by atoms with Crippen LogP contribution in [0.2, 0.25) is 0 Å². The third kappa shape index (κ3) is 5.26. The summed E-state index contributed by atoms with van der Waals surface area (Å²) in [5, 5.41) is 3.39. The van der Waals surface area contributed by atoms with Crippen molar-refractivity contribution in [2.24, 2.45) is 4.99 Å². The van der Waals surface area contributed by atoms with Crippen molar-refractivity contribution in [3.63, 3.8) is 0 Å². The number of guanidine groups is 1. The number of aliphatic imine (C=N–C) groups is 1. The smallest absolute Gasteiger partial charge is 0.194 e. The van der Waals surface area contributed by atoms with Gasteiger partial charge < -0.3 is 10.2 Å². The van der Waals surface area contributed by atoms with Crippen molar-refractivity contribution in [3.05, 3.63) is 65.8 Å². The molecule has 0 saturated heterocycles. The standard InChI is InChI=1S/C19H23N5.HI/c1-15-21-11-8-18(23-15)14-22-19(20-2)24-12-9-17(10-13-24)16-6-4-3-5-7-16;/h3-9,11H,10,12-14H2,1-2H3,(H,20,22);1H. The Kier molecular flexibility index (Phi) is 7.36. The molecule has 0 saturated carbocycles. The van der Waals surface area contributed by atoms with Crippen molar-refractivity contribution in [2.75, 3.05) is 20.1 Å². The van der Waals surface area contributed by atoms with E-state index in [-0.39, 0.29) is 24.0 Å². The van der Waals surface area contributed by atoms with Crippen LogP contribution in [0.25, 0.3) is 5.57 Å². The highest BCUT2D eigenvalue weighted by Crippen LogP contribution is 2.21. The monoisotopic (exact) mass is 449 g/mol. The Morgan fingerprint density at radius 2 is 2.04 bits per heavy atom. The maximum absolute atomic E-state index is 4.42. The molecule has 0 atom stereocenters. The molecule has 2 aromatic rings. The predicted molar refractivity (Wildman–Crippen MR) is 113 cm³/mol. The number of hydrogen-bond acceptors (Lipinski definition) is 3. The second kappa shape index (κ2) is 9.50. The van der Waals surface area contributed by atoms with Gasteiger partial charge in [-0.15, -0.1) is 24.0 Å². The van der Waals surface area contributed by atoms with Crippen LogP contribution in [0.5, 0.6) is 0 Å². The molecule has 0 radical (unpaired) electrons. The van der Waals surface area contributed by atoms with E-state index in [2.05, 4.69) is 61.6 Å².